The number of amidine groups is 1. The Balaban J connectivity index is 1.48. The molecule has 2 aliphatic carbocycles. The number of carbonyl (C=O) groups is 2. The fraction of sp³-hybridized carbons (Fsp3) is 0.893. The number of urea groups is 1. The largest absolute Gasteiger partial charge is 0.338 e. The zero-order chi connectivity index (χ0) is 24.4. The molecule has 0 aromatic rings. The Morgan fingerprint density at radius 2 is 1.62 bits per heavy atom. The van der Waals surface area contributed by atoms with Crippen LogP contribution in [0, 0.1) is 28.6 Å². The smallest absolute Gasteiger partial charge is 0.314 e. The molecule has 1 atom stereocenters. The van der Waals surface area contributed by atoms with Gasteiger partial charge in [0.05, 0.1) is 5.41 Å². The summed E-state index contributed by atoms with van der Waals surface area (Å²) < 4.78 is 0. The predicted octanol–water partition coefficient (Wildman–Crippen LogP) is 6.25. The molecule has 1 heterocycles. The molecule has 6 heteroatoms. The molecule has 3 aliphatic rings. The molecule has 3 N–H and O–H groups in total. The number of hydrogen-bond acceptors (Lipinski definition) is 3. The van der Waals surface area contributed by atoms with E-state index < -0.39 is 0 Å². The highest BCUT2D eigenvalue weighted by molar-refractivity contribution is 6.07. The molecule has 0 spiro atoms. The number of unbranched alkanes of at least 4 members (excludes halogenated alkanes) is 2. The van der Waals surface area contributed by atoms with Crippen molar-refractivity contribution >= 4 is 17.8 Å². The molecule has 3 amide bonds. The van der Waals surface area contributed by atoms with Crippen LogP contribution >= 0.6 is 0 Å². The highest BCUT2D eigenvalue weighted by atomic mass is 16.2. The first-order valence-electron chi connectivity index (χ1n) is 14.4. The van der Waals surface area contributed by atoms with Gasteiger partial charge in [0, 0.05) is 26.1 Å². The first-order valence-corrected chi connectivity index (χ1v) is 14.4. The van der Waals surface area contributed by atoms with E-state index in [9.17, 15) is 9.59 Å². The lowest BCUT2D eigenvalue weighted by molar-refractivity contribution is -0.137. The number of nitrogens with zero attached hydrogens (tertiary/aromatic N) is 1. The molecule has 1 saturated heterocycles. The van der Waals surface area contributed by atoms with E-state index in [1.165, 1.54) is 32.1 Å². The van der Waals surface area contributed by atoms with Gasteiger partial charge in [-0.25, -0.2) is 4.79 Å². The van der Waals surface area contributed by atoms with E-state index in [1.807, 2.05) is 4.90 Å². The molecular weight excluding hydrogens is 424 g/mol. The van der Waals surface area contributed by atoms with Crippen molar-refractivity contribution in [2.75, 3.05) is 19.6 Å². The normalized spacial score (nSPS) is 28.4. The maximum atomic E-state index is 13.8. The average molecular weight is 475 g/mol. The van der Waals surface area contributed by atoms with Crippen molar-refractivity contribution in [2.24, 2.45) is 23.2 Å². The Kier molecular flexibility index (Phi) is 10.7. The Morgan fingerprint density at radius 1 is 0.941 bits per heavy atom. The molecule has 0 aromatic carbocycles. The minimum Gasteiger partial charge on any atom is -0.338 e. The van der Waals surface area contributed by atoms with Crippen LogP contribution < -0.4 is 10.6 Å². The van der Waals surface area contributed by atoms with E-state index in [-0.39, 0.29) is 17.4 Å². The molecule has 6 nitrogen and oxygen atoms in total. The van der Waals surface area contributed by atoms with E-state index in [4.69, 9.17) is 5.41 Å². The summed E-state index contributed by atoms with van der Waals surface area (Å²) >= 11 is 0. The second kappa shape index (κ2) is 13.5. The molecule has 3 fully saturated rings. The summed E-state index contributed by atoms with van der Waals surface area (Å²) in [7, 11) is 0. The minimum atomic E-state index is -0.304. The van der Waals surface area contributed by atoms with Crippen molar-refractivity contribution in [3.05, 3.63) is 0 Å². The third-order valence-electron chi connectivity index (χ3n) is 8.72. The summed E-state index contributed by atoms with van der Waals surface area (Å²) in [5.74, 6) is 2.52. The van der Waals surface area contributed by atoms with Gasteiger partial charge in [-0.15, -0.1) is 0 Å². The second-order valence-electron chi connectivity index (χ2n) is 11.5. The highest BCUT2D eigenvalue weighted by Crippen LogP contribution is 2.46. The van der Waals surface area contributed by atoms with Crippen LogP contribution in [-0.4, -0.2) is 42.3 Å². The number of hydrogen-bond donors (Lipinski definition) is 3. The first kappa shape index (κ1) is 27.0. The quantitative estimate of drug-likeness (QED) is 0.292. The number of nitrogens with one attached hydrogen (secondary N) is 3. The summed E-state index contributed by atoms with van der Waals surface area (Å²) in [5.41, 5.74) is -0.304. The monoisotopic (exact) mass is 474 g/mol. The molecule has 2 saturated carbocycles. The zero-order valence-electron chi connectivity index (χ0n) is 21.9. The number of rotatable bonds is 12. The molecule has 0 aromatic heterocycles. The van der Waals surface area contributed by atoms with Crippen molar-refractivity contribution < 1.29 is 9.59 Å². The lowest BCUT2D eigenvalue weighted by atomic mass is 9.70. The Hall–Kier alpha value is -1.59. The van der Waals surface area contributed by atoms with Gasteiger partial charge >= 0.3 is 6.03 Å². The van der Waals surface area contributed by atoms with Crippen LogP contribution in [0.25, 0.3) is 0 Å². The molecular formula is C28H50N4O2. The maximum Gasteiger partial charge on any atom is 0.314 e. The standard InChI is InChI=1S/C28H50N4O2/c1-3-5-16-28(18-22-10-8-7-9-11-22)19-25(29)32(26(28)33)21-24-14-12-23(13-15-24)20-31-27(34)30-17-6-4-2/h22-24,29H,3-21H2,1-2H3,(H2,30,31,34). The highest BCUT2D eigenvalue weighted by Gasteiger charge is 2.50. The molecule has 0 radical (unpaired) electrons. The average Bonchev–Trinajstić information content (AvgIpc) is 3.07. The summed E-state index contributed by atoms with van der Waals surface area (Å²) in [6.07, 6.45) is 17.8. The van der Waals surface area contributed by atoms with Gasteiger partial charge in [0.25, 0.3) is 0 Å². The van der Waals surface area contributed by atoms with Crippen LogP contribution in [0.5, 0.6) is 0 Å². The van der Waals surface area contributed by atoms with Gasteiger partial charge in [-0.3, -0.25) is 10.2 Å². The molecule has 1 unspecified atom stereocenters. The number of amides is 3. The van der Waals surface area contributed by atoms with Gasteiger partial charge in [0.2, 0.25) is 5.91 Å². The summed E-state index contributed by atoms with van der Waals surface area (Å²) in [6, 6.07) is -0.0481. The Labute approximate surface area is 207 Å². The molecule has 3 rings (SSSR count). The Bertz CT molecular complexity index is 667. The Morgan fingerprint density at radius 3 is 2.29 bits per heavy atom. The van der Waals surface area contributed by atoms with E-state index in [2.05, 4.69) is 24.5 Å². The predicted molar refractivity (Wildman–Crippen MR) is 139 cm³/mol. The first-order chi connectivity index (χ1) is 16.5. The second-order valence-corrected chi connectivity index (χ2v) is 11.5. The van der Waals surface area contributed by atoms with E-state index in [0.29, 0.717) is 30.0 Å². The molecule has 34 heavy (non-hydrogen) atoms. The van der Waals surface area contributed by atoms with Crippen LogP contribution in [0.15, 0.2) is 0 Å². The van der Waals surface area contributed by atoms with Gasteiger partial charge in [-0.2, -0.15) is 0 Å². The van der Waals surface area contributed by atoms with Crippen molar-refractivity contribution in [3.63, 3.8) is 0 Å². The van der Waals surface area contributed by atoms with Crippen molar-refractivity contribution in [3.8, 4) is 0 Å². The molecule has 194 valence electrons. The summed E-state index contributed by atoms with van der Waals surface area (Å²) in [4.78, 5) is 27.6. The van der Waals surface area contributed by atoms with E-state index in [0.717, 1.165) is 83.8 Å². The van der Waals surface area contributed by atoms with Crippen LogP contribution in [0.3, 0.4) is 0 Å². The van der Waals surface area contributed by atoms with Crippen LogP contribution in [0.4, 0.5) is 4.79 Å². The summed E-state index contributed by atoms with van der Waals surface area (Å²) in [5, 5.41) is 14.7. The van der Waals surface area contributed by atoms with Gasteiger partial charge in [0.15, 0.2) is 0 Å². The minimum absolute atomic E-state index is 0.0481. The zero-order valence-corrected chi connectivity index (χ0v) is 21.9. The third kappa shape index (κ3) is 7.45. The van der Waals surface area contributed by atoms with E-state index in [1.54, 1.807) is 0 Å². The van der Waals surface area contributed by atoms with Crippen molar-refractivity contribution in [1.82, 2.24) is 15.5 Å². The lowest BCUT2D eigenvalue weighted by Gasteiger charge is -2.34. The molecule has 1 aliphatic heterocycles. The fourth-order valence-corrected chi connectivity index (χ4v) is 6.56. The number of carbonyl (C=O) groups excluding carboxylic acids is 2. The van der Waals surface area contributed by atoms with Crippen molar-refractivity contribution in [1.29, 1.82) is 5.41 Å². The van der Waals surface area contributed by atoms with Gasteiger partial charge in [0.1, 0.15) is 5.84 Å². The number of likely N-dealkylation sites (tertiary alicyclic amines) is 1. The molecule has 0 bridgehead atoms. The maximum absolute atomic E-state index is 13.8. The topological polar surface area (TPSA) is 85.3 Å². The van der Waals surface area contributed by atoms with Crippen molar-refractivity contribution in [2.45, 2.75) is 117 Å². The lowest BCUT2D eigenvalue weighted by Crippen LogP contribution is -2.41. The van der Waals surface area contributed by atoms with Gasteiger partial charge in [-0.05, 0) is 62.7 Å². The van der Waals surface area contributed by atoms with Gasteiger partial charge in [-0.1, -0.05) is 65.2 Å². The van der Waals surface area contributed by atoms with Gasteiger partial charge < -0.3 is 15.5 Å². The summed E-state index contributed by atoms with van der Waals surface area (Å²) in [6.45, 7) is 6.54. The van der Waals surface area contributed by atoms with Crippen LogP contribution in [0.2, 0.25) is 0 Å². The van der Waals surface area contributed by atoms with Crippen LogP contribution in [-0.2, 0) is 4.79 Å². The van der Waals surface area contributed by atoms with E-state index >= 15 is 0 Å². The fourth-order valence-electron chi connectivity index (χ4n) is 6.56. The third-order valence-corrected chi connectivity index (χ3v) is 8.72. The van der Waals surface area contributed by atoms with Crippen LogP contribution in [0.1, 0.15) is 117 Å². The SMILES string of the molecule is CCCCNC(=O)NCC1CCC(CN2C(=N)CC(CCCC)(CC3CCCCC3)C2=O)CC1.